The van der Waals surface area contributed by atoms with Crippen molar-refractivity contribution < 1.29 is 14.3 Å². The van der Waals surface area contributed by atoms with E-state index < -0.39 is 0 Å². The van der Waals surface area contributed by atoms with Gasteiger partial charge in [-0.2, -0.15) is 0 Å². The van der Waals surface area contributed by atoms with E-state index in [1.54, 1.807) is 4.57 Å². The van der Waals surface area contributed by atoms with Crippen LogP contribution in [0.5, 0.6) is 11.5 Å². The van der Waals surface area contributed by atoms with Crippen molar-refractivity contribution in [3.05, 3.63) is 103 Å². The molecule has 0 unspecified atom stereocenters. The lowest BCUT2D eigenvalue weighted by Crippen LogP contribution is -2.22. The van der Waals surface area contributed by atoms with E-state index >= 15 is 0 Å². The number of aromatic nitrogens is 2. The summed E-state index contributed by atoms with van der Waals surface area (Å²) in [5.41, 5.74) is 1.48. The standard InChI is InChI=1S/C26H20N2O3/c29-26(18-31-21-10-2-1-3-11-21)28-24-13-7-6-12-23(24)27-25(28)17-30-22-15-14-19-8-4-5-9-20(19)16-22/h1-16H,17-18H2. The maximum atomic E-state index is 13.0. The second kappa shape index (κ2) is 8.32. The van der Waals surface area contributed by atoms with Crippen LogP contribution in [0.2, 0.25) is 0 Å². The van der Waals surface area contributed by atoms with Crippen LogP contribution in [-0.2, 0) is 6.61 Å². The average molecular weight is 408 g/mol. The molecule has 5 nitrogen and oxygen atoms in total. The highest BCUT2D eigenvalue weighted by atomic mass is 16.5. The van der Waals surface area contributed by atoms with Gasteiger partial charge in [0.15, 0.2) is 12.4 Å². The molecule has 0 saturated carbocycles. The largest absolute Gasteiger partial charge is 0.486 e. The van der Waals surface area contributed by atoms with E-state index in [0.717, 1.165) is 27.6 Å². The van der Waals surface area contributed by atoms with Crippen molar-refractivity contribution in [1.82, 2.24) is 9.55 Å². The van der Waals surface area contributed by atoms with Crippen molar-refractivity contribution in [2.75, 3.05) is 6.61 Å². The van der Waals surface area contributed by atoms with Gasteiger partial charge in [0.1, 0.15) is 18.1 Å². The first-order valence-electron chi connectivity index (χ1n) is 10.1. The molecule has 5 heteroatoms. The quantitative estimate of drug-likeness (QED) is 0.373. The molecule has 0 aliphatic rings. The monoisotopic (exact) mass is 408 g/mol. The summed E-state index contributed by atoms with van der Waals surface area (Å²) in [4.78, 5) is 17.7. The van der Waals surface area contributed by atoms with Gasteiger partial charge in [-0.25, -0.2) is 4.98 Å². The summed E-state index contributed by atoms with van der Waals surface area (Å²) in [6, 6.07) is 30.9. The zero-order valence-electron chi connectivity index (χ0n) is 16.8. The number of hydrogen-bond acceptors (Lipinski definition) is 4. The van der Waals surface area contributed by atoms with Gasteiger partial charge in [-0.3, -0.25) is 9.36 Å². The summed E-state index contributed by atoms with van der Waals surface area (Å²) in [5.74, 6) is 1.71. The number of imidazole rings is 1. The molecule has 4 aromatic carbocycles. The molecule has 1 aromatic heterocycles. The van der Waals surface area contributed by atoms with Gasteiger partial charge in [-0.1, -0.05) is 60.7 Å². The molecule has 0 fully saturated rings. The normalized spacial score (nSPS) is 11.0. The molecule has 5 aromatic rings. The zero-order valence-corrected chi connectivity index (χ0v) is 16.8. The van der Waals surface area contributed by atoms with E-state index in [1.165, 1.54) is 0 Å². The molecule has 0 N–H and O–H groups in total. The van der Waals surface area contributed by atoms with Crippen molar-refractivity contribution in [1.29, 1.82) is 0 Å². The van der Waals surface area contributed by atoms with Crippen LogP contribution in [0.3, 0.4) is 0 Å². The van der Waals surface area contributed by atoms with Crippen LogP contribution in [0.15, 0.2) is 97.1 Å². The van der Waals surface area contributed by atoms with Gasteiger partial charge in [0.05, 0.1) is 11.0 Å². The fourth-order valence-corrected chi connectivity index (χ4v) is 3.58. The van der Waals surface area contributed by atoms with Crippen molar-refractivity contribution in [2.24, 2.45) is 0 Å². The van der Waals surface area contributed by atoms with Gasteiger partial charge in [0.25, 0.3) is 5.91 Å². The van der Waals surface area contributed by atoms with E-state index in [0.29, 0.717) is 11.6 Å². The van der Waals surface area contributed by atoms with E-state index in [4.69, 9.17) is 9.47 Å². The Labute approximate surface area is 179 Å². The molecule has 5 rings (SSSR count). The molecule has 1 heterocycles. The summed E-state index contributed by atoms with van der Waals surface area (Å²) < 4.78 is 13.3. The summed E-state index contributed by atoms with van der Waals surface area (Å²) in [7, 11) is 0. The van der Waals surface area contributed by atoms with Gasteiger partial charge in [-0.15, -0.1) is 0 Å². The van der Waals surface area contributed by atoms with Crippen LogP contribution < -0.4 is 9.47 Å². The highest BCUT2D eigenvalue weighted by Gasteiger charge is 2.18. The van der Waals surface area contributed by atoms with Crippen molar-refractivity contribution in [3.63, 3.8) is 0 Å². The van der Waals surface area contributed by atoms with E-state index in [9.17, 15) is 4.79 Å². The maximum Gasteiger partial charge on any atom is 0.270 e. The summed E-state index contributed by atoms with van der Waals surface area (Å²) in [5, 5.41) is 2.25. The molecular weight excluding hydrogens is 388 g/mol. The van der Waals surface area contributed by atoms with E-state index in [-0.39, 0.29) is 19.1 Å². The Morgan fingerprint density at radius 2 is 1.48 bits per heavy atom. The fourth-order valence-electron chi connectivity index (χ4n) is 3.58. The highest BCUT2D eigenvalue weighted by molar-refractivity contribution is 5.92. The SMILES string of the molecule is O=C(COc1ccccc1)n1c(COc2ccc3ccccc3c2)nc2ccccc21. The molecule has 0 aliphatic carbocycles. The first-order chi connectivity index (χ1) is 15.3. The van der Waals surface area contributed by atoms with E-state index in [2.05, 4.69) is 11.1 Å². The van der Waals surface area contributed by atoms with Crippen LogP contribution >= 0.6 is 0 Å². The van der Waals surface area contributed by atoms with Crippen molar-refractivity contribution >= 4 is 27.7 Å². The van der Waals surface area contributed by atoms with Gasteiger partial charge in [-0.05, 0) is 47.2 Å². The summed E-state index contributed by atoms with van der Waals surface area (Å²) in [6.07, 6.45) is 0. The maximum absolute atomic E-state index is 13.0. The topological polar surface area (TPSA) is 53.4 Å². The number of fused-ring (bicyclic) bond motifs is 2. The molecule has 0 bridgehead atoms. The Morgan fingerprint density at radius 1 is 0.742 bits per heavy atom. The zero-order chi connectivity index (χ0) is 21.0. The lowest BCUT2D eigenvalue weighted by molar-refractivity contribution is 0.0834. The third kappa shape index (κ3) is 3.98. The van der Waals surface area contributed by atoms with Gasteiger partial charge in [0.2, 0.25) is 0 Å². The smallest absolute Gasteiger partial charge is 0.270 e. The van der Waals surface area contributed by atoms with E-state index in [1.807, 2.05) is 91.0 Å². The van der Waals surface area contributed by atoms with Crippen LogP contribution in [0.25, 0.3) is 21.8 Å². The molecule has 152 valence electrons. The Balaban J connectivity index is 1.40. The van der Waals surface area contributed by atoms with Crippen molar-refractivity contribution in [2.45, 2.75) is 6.61 Å². The van der Waals surface area contributed by atoms with Gasteiger partial charge >= 0.3 is 0 Å². The Hall–Kier alpha value is -4.12. The van der Waals surface area contributed by atoms with Gasteiger partial charge in [0, 0.05) is 0 Å². The molecule has 31 heavy (non-hydrogen) atoms. The first kappa shape index (κ1) is 18.9. The number of nitrogens with zero attached hydrogens (tertiary/aromatic N) is 2. The van der Waals surface area contributed by atoms with Crippen LogP contribution in [0, 0.1) is 0 Å². The summed E-state index contributed by atoms with van der Waals surface area (Å²) in [6.45, 7) is 0.0808. The minimum absolute atomic E-state index is 0.0899. The number of hydrogen-bond donors (Lipinski definition) is 0. The lowest BCUT2D eigenvalue weighted by Gasteiger charge is -2.11. The Morgan fingerprint density at radius 3 is 2.35 bits per heavy atom. The Kier molecular flexibility index (Phi) is 5.07. The molecule has 0 spiro atoms. The minimum atomic E-state index is -0.199. The number of carbonyl (C=O) groups excluding carboxylic acids is 1. The summed E-state index contributed by atoms with van der Waals surface area (Å²) >= 11 is 0. The van der Waals surface area contributed by atoms with Crippen LogP contribution in [-0.4, -0.2) is 22.1 Å². The number of carbonyl (C=O) groups is 1. The second-order valence-electron chi connectivity index (χ2n) is 7.15. The number of rotatable bonds is 6. The van der Waals surface area contributed by atoms with Gasteiger partial charge < -0.3 is 9.47 Å². The lowest BCUT2D eigenvalue weighted by atomic mass is 10.1. The minimum Gasteiger partial charge on any atom is -0.486 e. The fraction of sp³-hybridized carbons (Fsp3) is 0.0769. The number of para-hydroxylation sites is 3. The van der Waals surface area contributed by atoms with Crippen molar-refractivity contribution in [3.8, 4) is 11.5 Å². The molecular formula is C26H20N2O3. The van der Waals surface area contributed by atoms with Crippen LogP contribution in [0.1, 0.15) is 10.6 Å². The van der Waals surface area contributed by atoms with Crippen LogP contribution in [0.4, 0.5) is 0 Å². The highest BCUT2D eigenvalue weighted by Crippen LogP contribution is 2.23. The second-order valence-corrected chi connectivity index (χ2v) is 7.15. The number of benzene rings is 4. The average Bonchev–Trinajstić information content (AvgIpc) is 3.20. The molecule has 0 aliphatic heterocycles. The third-order valence-electron chi connectivity index (χ3n) is 5.07. The third-order valence-corrected chi connectivity index (χ3v) is 5.07. The first-order valence-corrected chi connectivity index (χ1v) is 10.1. The molecule has 0 amide bonds. The molecule has 0 radical (unpaired) electrons. The number of ether oxygens (including phenoxy) is 2. The molecule has 0 saturated heterocycles. The predicted octanol–water partition coefficient (Wildman–Crippen LogP) is 5.49. The predicted molar refractivity (Wildman–Crippen MR) is 121 cm³/mol. The molecule has 0 atom stereocenters. The Bertz CT molecular complexity index is 1360.